The van der Waals surface area contributed by atoms with Crippen LogP contribution in [-0.2, 0) is 6.54 Å². The van der Waals surface area contributed by atoms with Crippen LogP contribution in [0.15, 0.2) is 12.1 Å². The molecule has 118 valence electrons. The Bertz CT molecular complexity index is 417. The standard InChI is InChI=1S/C17H27NO3/c1-19-14-10-16(20-2)15(17(11-14)21-3)12-18-9-8-13-6-4-5-7-13/h10-11,13,18H,4-9,12H2,1-3H3. The second-order valence-corrected chi connectivity index (χ2v) is 5.63. The molecule has 0 radical (unpaired) electrons. The molecule has 0 unspecified atom stereocenters. The molecule has 0 bridgehead atoms. The summed E-state index contributed by atoms with van der Waals surface area (Å²) in [7, 11) is 5.00. The Morgan fingerprint density at radius 3 is 2.14 bits per heavy atom. The van der Waals surface area contributed by atoms with Gasteiger partial charge < -0.3 is 19.5 Å². The van der Waals surface area contributed by atoms with Crippen LogP contribution in [0, 0.1) is 5.92 Å². The van der Waals surface area contributed by atoms with E-state index in [-0.39, 0.29) is 0 Å². The number of rotatable bonds is 8. The molecule has 0 aromatic heterocycles. The summed E-state index contributed by atoms with van der Waals surface area (Å²) in [5.74, 6) is 3.27. The maximum atomic E-state index is 5.46. The first-order valence-corrected chi connectivity index (χ1v) is 7.78. The predicted molar refractivity (Wildman–Crippen MR) is 84.4 cm³/mol. The molecule has 0 aliphatic heterocycles. The van der Waals surface area contributed by atoms with E-state index in [9.17, 15) is 0 Å². The van der Waals surface area contributed by atoms with Crippen molar-refractivity contribution >= 4 is 0 Å². The van der Waals surface area contributed by atoms with Crippen molar-refractivity contribution in [2.45, 2.75) is 38.6 Å². The van der Waals surface area contributed by atoms with Crippen molar-refractivity contribution in [1.29, 1.82) is 0 Å². The SMILES string of the molecule is COc1cc(OC)c(CNCCC2CCCC2)c(OC)c1. The first-order valence-electron chi connectivity index (χ1n) is 7.78. The Morgan fingerprint density at radius 1 is 1.00 bits per heavy atom. The Balaban J connectivity index is 1.94. The molecule has 4 nitrogen and oxygen atoms in total. The highest BCUT2D eigenvalue weighted by Crippen LogP contribution is 2.34. The summed E-state index contributed by atoms with van der Waals surface area (Å²) in [6.45, 7) is 1.80. The highest BCUT2D eigenvalue weighted by molar-refractivity contribution is 5.50. The lowest BCUT2D eigenvalue weighted by Crippen LogP contribution is -2.18. The minimum atomic E-state index is 0.749. The van der Waals surface area contributed by atoms with Gasteiger partial charge in [0.05, 0.1) is 26.9 Å². The van der Waals surface area contributed by atoms with Gasteiger partial charge in [-0.2, -0.15) is 0 Å². The van der Waals surface area contributed by atoms with Crippen LogP contribution in [0.5, 0.6) is 17.2 Å². The van der Waals surface area contributed by atoms with Crippen LogP contribution in [-0.4, -0.2) is 27.9 Å². The quantitative estimate of drug-likeness (QED) is 0.746. The summed E-state index contributed by atoms with van der Waals surface area (Å²) in [6.07, 6.45) is 6.88. The molecule has 1 saturated carbocycles. The third-order valence-corrected chi connectivity index (χ3v) is 4.32. The molecule has 1 aromatic rings. The lowest BCUT2D eigenvalue weighted by atomic mass is 10.0. The van der Waals surface area contributed by atoms with E-state index >= 15 is 0 Å². The third-order valence-electron chi connectivity index (χ3n) is 4.32. The zero-order valence-electron chi connectivity index (χ0n) is 13.4. The summed E-state index contributed by atoms with van der Waals surface area (Å²) in [5.41, 5.74) is 1.05. The highest BCUT2D eigenvalue weighted by atomic mass is 16.5. The van der Waals surface area contributed by atoms with Crippen LogP contribution in [0.4, 0.5) is 0 Å². The van der Waals surface area contributed by atoms with E-state index in [0.717, 1.165) is 41.8 Å². The number of benzene rings is 1. The molecule has 0 atom stereocenters. The van der Waals surface area contributed by atoms with Crippen LogP contribution in [0.25, 0.3) is 0 Å². The molecular weight excluding hydrogens is 266 g/mol. The number of nitrogens with one attached hydrogen (secondary N) is 1. The van der Waals surface area contributed by atoms with E-state index in [0.29, 0.717) is 0 Å². The second-order valence-electron chi connectivity index (χ2n) is 5.63. The van der Waals surface area contributed by atoms with Crippen molar-refractivity contribution in [2.75, 3.05) is 27.9 Å². The lowest BCUT2D eigenvalue weighted by Gasteiger charge is -2.16. The van der Waals surface area contributed by atoms with E-state index in [1.807, 2.05) is 12.1 Å². The molecule has 0 spiro atoms. The molecule has 1 aliphatic rings. The molecular formula is C17H27NO3. The zero-order valence-corrected chi connectivity index (χ0v) is 13.4. The Labute approximate surface area is 127 Å². The Morgan fingerprint density at radius 2 is 1.62 bits per heavy atom. The van der Waals surface area contributed by atoms with Crippen molar-refractivity contribution in [3.63, 3.8) is 0 Å². The maximum Gasteiger partial charge on any atom is 0.130 e. The fraction of sp³-hybridized carbons (Fsp3) is 0.647. The van der Waals surface area contributed by atoms with Crippen LogP contribution < -0.4 is 19.5 Å². The zero-order chi connectivity index (χ0) is 15.1. The average molecular weight is 293 g/mol. The van der Waals surface area contributed by atoms with Crippen molar-refractivity contribution in [2.24, 2.45) is 5.92 Å². The highest BCUT2D eigenvalue weighted by Gasteiger charge is 2.15. The molecule has 1 aromatic carbocycles. The molecule has 0 saturated heterocycles. The molecule has 4 heteroatoms. The maximum absolute atomic E-state index is 5.46. The summed E-state index contributed by atoms with van der Waals surface area (Å²) >= 11 is 0. The van der Waals surface area contributed by atoms with Crippen molar-refractivity contribution in [1.82, 2.24) is 5.32 Å². The molecule has 1 aliphatic carbocycles. The number of hydrogen-bond donors (Lipinski definition) is 1. The smallest absolute Gasteiger partial charge is 0.130 e. The number of ether oxygens (including phenoxy) is 3. The predicted octanol–water partition coefficient (Wildman–Crippen LogP) is 3.38. The van der Waals surface area contributed by atoms with E-state index < -0.39 is 0 Å². The molecule has 21 heavy (non-hydrogen) atoms. The minimum absolute atomic E-state index is 0.749. The summed E-state index contributed by atoms with van der Waals surface area (Å²) in [4.78, 5) is 0. The molecule has 0 heterocycles. The lowest BCUT2D eigenvalue weighted by molar-refractivity contribution is 0.365. The van der Waals surface area contributed by atoms with Crippen LogP contribution in [0.3, 0.4) is 0 Å². The van der Waals surface area contributed by atoms with Crippen molar-refractivity contribution in [3.8, 4) is 17.2 Å². The fourth-order valence-corrected chi connectivity index (χ4v) is 3.07. The first kappa shape index (κ1) is 16.0. The topological polar surface area (TPSA) is 39.7 Å². The van der Waals surface area contributed by atoms with Crippen molar-refractivity contribution in [3.05, 3.63) is 17.7 Å². The first-order chi connectivity index (χ1) is 10.3. The van der Waals surface area contributed by atoms with Gasteiger partial charge in [-0.3, -0.25) is 0 Å². The van der Waals surface area contributed by atoms with Gasteiger partial charge in [0.15, 0.2) is 0 Å². The molecule has 1 fully saturated rings. The molecule has 2 rings (SSSR count). The van der Waals surface area contributed by atoms with Gasteiger partial charge in [0.25, 0.3) is 0 Å². The van der Waals surface area contributed by atoms with Gasteiger partial charge in [-0.15, -0.1) is 0 Å². The van der Waals surface area contributed by atoms with Gasteiger partial charge in [0.2, 0.25) is 0 Å². The van der Waals surface area contributed by atoms with Crippen LogP contribution in [0.1, 0.15) is 37.7 Å². The van der Waals surface area contributed by atoms with Gasteiger partial charge in [0.1, 0.15) is 17.2 Å². The minimum Gasteiger partial charge on any atom is -0.496 e. The van der Waals surface area contributed by atoms with E-state index in [2.05, 4.69) is 5.32 Å². The van der Waals surface area contributed by atoms with Gasteiger partial charge in [-0.25, -0.2) is 0 Å². The normalized spacial score (nSPS) is 15.2. The van der Waals surface area contributed by atoms with E-state index in [1.54, 1.807) is 21.3 Å². The summed E-state index contributed by atoms with van der Waals surface area (Å²) in [5, 5.41) is 3.51. The Hall–Kier alpha value is -1.42. The fourth-order valence-electron chi connectivity index (χ4n) is 3.07. The van der Waals surface area contributed by atoms with E-state index in [4.69, 9.17) is 14.2 Å². The van der Waals surface area contributed by atoms with Crippen LogP contribution in [0.2, 0.25) is 0 Å². The van der Waals surface area contributed by atoms with Gasteiger partial charge in [-0.1, -0.05) is 25.7 Å². The molecule has 1 N–H and O–H groups in total. The average Bonchev–Trinajstić information content (AvgIpc) is 3.04. The van der Waals surface area contributed by atoms with Crippen LogP contribution >= 0.6 is 0 Å². The summed E-state index contributed by atoms with van der Waals surface area (Å²) in [6, 6.07) is 3.80. The number of methoxy groups -OCH3 is 3. The van der Waals surface area contributed by atoms with E-state index in [1.165, 1.54) is 32.1 Å². The molecule has 0 amide bonds. The van der Waals surface area contributed by atoms with Crippen molar-refractivity contribution < 1.29 is 14.2 Å². The largest absolute Gasteiger partial charge is 0.496 e. The van der Waals surface area contributed by atoms with Gasteiger partial charge in [0, 0.05) is 18.7 Å². The Kier molecular flexibility index (Phi) is 6.18. The van der Waals surface area contributed by atoms with Gasteiger partial charge in [-0.05, 0) is 18.9 Å². The van der Waals surface area contributed by atoms with Gasteiger partial charge >= 0.3 is 0 Å². The summed E-state index contributed by atoms with van der Waals surface area (Å²) < 4.78 is 16.2. The monoisotopic (exact) mass is 293 g/mol. The third kappa shape index (κ3) is 4.27. The second kappa shape index (κ2) is 8.13. The number of hydrogen-bond acceptors (Lipinski definition) is 4.